The zero-order chi connectivity index (χ0) is 24.8. The van der Waals surface area contributed by atoms with Gasteiger partial charge in [0, 0.05) is 16.1 Å². The van der Waals surface area contributed by atoms with E-state index in [1.165, 1.54) is 10.9 Å². The highest BCUT2D eigenvalue weighted by molar-refractivity contribution is 6.36. The standard InChI is InChI=1S/C23H17Cl2F3N4O2/c1-11(22(33)34)13-5-3-4-6-14(13)17-9-19-18(10-29-17)30-31-32(19)12(2)20-16(24)8-7-15(21(20)25)23(26,27)28/h3-12H,1-2H3,(H,33,34)/t11?,12-/m1/s1. The molecular formula is C23H17Cl2F3N4O2. The maximum Gasteiger partial charge on any atom is 0.417 e. The highest BCUT2D eigenvalue weighted by atomic mass is 35.5. The minimum atomic E-state index is -4.65. The minimum absolute atomic E-state index is 0.0585. The van der Waals surface area contributed by atoms with Crippen LogP contribution in [0, 0.1) is 0 Å². The van der Waals surface area contributed by atoms with Crippen molar-refractivity contribution in [1.82, 2.24) is 20.0 Å². The third kappa shape index (κ3) is 4.21. The molecule has 0 saturated carbocycles. The Morgan fingerprint density at radius 1 is 1.12 bits per heavy atom. The summed E-state index contributed by atoms with van der Waals surface area (Å²) in [6.45, 7) is 3.19. The van der Waals surface area contributed by atoms with Gasteiger partial charge in [0.05, 0.1) is 40.0 Å². The maximum atomic E-state index is 13.4. The quantitative estimate of drug-likeness (QED) is 0.327. The van der Waals surface area contributed by atoms with Crippen LogP contribution in [0.2, 0.25) is 10.0 Å². The summed E-state index contributed by atoms with van der Waals surface area (Å²) >= 11 is 12.4. The molecule has 0 aliphatic rings. The third-order valence-electron chi connectivity index (χ3n) is 5.65. The lowest BCUT2D eigenvalue weighted by Gasteiger charge is -2.19. The molecule has 2 aromatic heterocycles. The monoisotopic (exact) mass is 508 g/mol. The summed E-state index contributed by atoms with van der Waals surface area (Å²) in [6, 6.07) is 9.81. The van der Waals surface area contributed by atoms with Crippen LogP contribution in [-0.2, 0) is 11.0 Å². The molecule has 4 aromatic rings. The van der Waals surface area contributed by atoms with Gasteiger partial charge in [-0.3, -0.25) is 9.78 Å². The molecule has 176 valence electrons. The van der Waals surface area contributed by atoms with Crippen molar-refractivity contribution in [3.05, 3.63) is 75.4 Å². The average Bonchev–Trinajstić information content (AvgIpc) is 3.20. The Morgan fingerprint density at radius 2 is 1.82 bits per heavy atom. The molecule has 0 aliphatic carbocycles. The largest absolute Gasteiger partial charge is 0.481 e. The van der Waals surface area contributed by atoms with Gasteiger partial charge in [-0.25, -0.2) is 4.68 Å². The highest BCUT2D eigenvalue weighted by Gasteiger charge is 2.36. The number of aromatic nitrogens is 4. The molecule has 0 spiro atoms. The summed E-state index contributed by atoms with van der Waals surface area (Å²) in [5, 5.41) is 17.2. The normalized spacial score (nSPS) is 13.7. The van der Waals surface area contributed by atoms with Crippen molar-refractivity contribution >= 4 is 40.2 Å². The number of halogens is 5. The highest BCUT2D eigenvalue weighted by Crippen LogP contribution is 2.42. The minimum Gasteiger partial charge on any atom is -0.481 e. The van der Waals surface area contributed by atoms with Crippen molar-refractivity contribution in [3.8, 4) is 11.3 Å². The summed E-state index contributed by atoms with van der Waals surface area (Å²) in [5.74, 6) is -1.76. The second-order valence-corrected chi connectivity index (χ2v) is 8.52. The van der Waals surface area contributed by atoms with Gasteiger partial charge in [0.25, 0.3) is 0 Å². The number of pyridine rings is 1. The van der Waals surface area contributed by atoms with Crippen LogP contribution in [0.3, 0.4) is 0 Å². The number of nitrogens with zero attached hydrogens (tertiary/aromatic N) is 4. The molecule has 0 saturated heterocycles. The van der Waals surface area contributed by atoms with Crippen molar-refractivity contribution in [1.29, 1.82) is 0 Å². The Morgan fingerprint density at radius 3 is 2.50 bits per heavy atom. The molecule has 2 heterocycles. The van der Waals surface area contributed by atoms with E-state index in [1.54, 1.807) is 44.2 Å². The predicted octanol–water partition coefficient (Wildman–Crippen LogP) is 6.62. The molecule has 11 heteroatoms. The number of carboxylic acid groups (broad SMARTS) is 1. The summed E-state index contributed by atoms with van der Waals surface area (Å²) in [7, 11) is 0. The van der Waals surface area contributed by atoms with Crippen molar-refractivity contribution in [2.45, 2.75) is 32.0 Å². The van der Waals surface area contributed by atoms with Crippen LogP contribution in [0.5, 0.6) is 0 Å². The molecule has 0 fully saturated rings. The molecule has 0 amide bonds. The van der Waals surface area contributed by atoms with Crippen LogP contribution in [0.15, 0.2) is 48.7 Å². The van der Waals surface area contributed by atoms with Crippen LogP contribution in [0.4, 0.5) is 13.2 Å². The van der Waals surface area contributed by atoms with Gasteiger partial charge in [0.1, 0.15) is 5.52 Å². The van der Waals surface area contributed by atoms with Crippen molar-refractivity contribution < 1.29 is 23.1 Å². The van der Waals surface area contributed by atoms with Crippen molar-refractivity contribution in [2.75, 3.05) is 0 Å². The third-order valence-corrected chi connectivity index (χ3v) is 6.38. The summed E-state index contributed by atoms with van der Waals surface area (Å²) < 4.78 is 41.6. The van der Waals surface area contributed by atoms with Crippen molar-refractivity contribution in [3.63, 3.8) is 0 Å². The second kappa shape index (κ2) is 8.88. The number of carbonyl (C=O) groups is 1. The lowest BCUT2D eigenvalue weighted by atomic mass is 9.94. The summed E-state index contributed by atoms with van der Waals surface area (Å²) in [6.07, 6.45) is -3.18. The first-order valence-corrected chi connectivity index (χ1v) is 10.8. The lowest BCUT2D eigenvalue weighted by molar-refractivity contribution is -0.138. The summed E-state index contributed by atoms with van der Waals surface area (Å²) in [4.78, 5) is 16.0. The second-order valence-electron chi connectivity index (χ2n) is 7.74. The SMILES string of the molecule is CC(C(=O)O)c1ccccc1-c1cc2c(cn1)nnn2[C@H](C)c1c(Cl)ccc(C(F)(F)F)c1Cl. The molecule has 2 aromatic carbocycles. The van der Waals surface area contributed by atoms with E-state index in [4.69, 9.17) is 23.2 Å². The van der Waals surface area contributed by atoms with Gasteiger partial charge in [-0.15, -0.1) is 5.10 Å². The molecule has 1 N–H and O–H groups in total. The molecule has 2 atom stereocenters. The molecular weight excluding hydrogens is 492 g/mol. The van der Waals surface area contributed by atoms with E-state index in [0.717, 1.165) is 12.1 Å². The number of benzene rings is 2. The zero-order valence-corrected chi connectivity index (χ0v) is 19.3. The van der Waals surface area contributed by atoms with E-state index in [9.17, 15) is 23.1 Å². The molecule has 4 rings (SSSR count). The zero-order valence-electron chi connectivity index (χ0n) is 17.8. The molecule has 0 radical (unpaired) electrons. The van der Waals surface area contributed by atoms with Gasteiger partial charge in [-0.1, -0.05) is 52.7 Å². The Balaban J connectivity index is 1.86. The average molecular weight is 509 g/mol. The van der Waals surface area contributed by atoms with E-state index < -0.39 is 34.7 Å². The first-order valence-electron chi connectivity index (χ1n) is 10.1. The number of hydrogen-bond acceptors (Lipinski definition) is 4. The fraction of sp³-hybridized carbons (Fsp3) is 0.217. The summed E-state index contributed by atoms with van der Waals surface area (Å²) in [5.41, 5.74) is 1.58. The van der Waals surface area contributed by atoms with Gasteiger partial charge in [-0.05, 0) is 37.6 Å². The van der Waals surface area contributed by atoms with E-state index in [2.05, 4.69) is 15.3 Å². The smallest absolute Gasteiger partial charge is 0.417 e. The van der Waals surface area contributed by atoms with Crippen LogP contribution < -0.4 is 0 Å². The first kappa shape index (κ1) is 24.0. The molecule has 6 nitrogen and oxygen atoms in total. The number of aliphatic carboxylic acids is 1. The maximum absolute atomic E-state index is 13.4. The number of fused-ring (bicyclic) bond motifs is 1. The topological polar surface area (TPSA) is 80.9 Å². The van der Waals surface area contributed by atoms with E-state index in [-0.39, 0.29) is 10.6 Å². The molecule has 34 heavy (non-hydrogen) atoms. The van der Waals surface area contributed by atoms with E-state index in [1.807, 2.05) is 0 Å². The molecule has 0 aliphatic heterocycles. The van der Waals surface area contributed by atoms with Gasteiger partial charge < -0.3 is 5.11 Å². The Labute approximate surface area is 201 Å². The number of carboxylic acids is 1. The van der Waals surface area contributed by atoms with Gasteiger partial charge in [-0.2, -0.15) is 13.2 Å². The van der Waals surface area contributed by atoms with E-state index >= 15 is 0 Å². The predicted molar refractivity (Wildman–Crippen MR) is 122 cm³/mol. The molecule has 1 unspecified atom stereocenters. The fourth-order valence-electron chi connectivity index (χ4n) is 3.81. The first-order chi connectivity index (χ1) is 16.0. The Bertz CT molecular complexity index is 1400. The Hall–Kier alpha value is -3.17. The number of hydrogen-bond donors (Lipinski definition) is 1. The number of rotatable bonds is 5. The van der Waals surface area contributed by atoms with E-state index in [0.29, 0.717) is 27.9 Å². The van der Waals surface area contributed by atoms with Crippen LogP contribution in [0.25, 0.3) is 22.3 Å². The Kier molecular flexibility index (Phi) is 6.26. The number of alkyl halides is 3. The van der Waals surface area contributed by atoms with Gasteiger partial charge >= 0.3 is 12.1 Å². The lowest BCUT2D eigenvalue weighted by Crippen LogP contribution is -2.13. The van der Waals surface area contributed by atoms with Crippen LogP contribution >= 0.6 is 23.2 Å². The fourth-order valence-corrected chi connectivity index (χ4v) is 4.60. The van der Waals surface area contributed by atoms with Crippen molar-refractivity contribution in [2.24, 2.45) is 0 Å². The van der Waals surface area contributed by atoms with Gasteiger partial charge in [0.2, 0.25) is 0 Å². The molecule has 0 bridgehead atoms. The van der Waals surface area contributed by atoms with Crippen LogP contribution in [-0.4, -0.2) is 31.1 Å². The van der Waals surface area contributed by atoms with Gasteiger partial charge in [0.15, 0.2) is 0 Å². The van der Waals surface area contributed by atoms with Crippen LogP contribution in [0.1, 0.15) is 42.5 Å².